The second-order valence-electron chi connectivity index (χ2n) is 9.89. The summed E-state index contributed by atoms with van der Waals surface area (Å²) in [5.41, 5.74) is 2.51. The molecule has 180 valence electrons. The molecule has 2 aromatic heterocycles. The third-order valence-corrected chi connectivity index (χ3v) is 7.78. The van der Waals surface area contributed by atoms with E-state index in [2.05, 4.69) is 22.2 Å². The van der Waals surface area contributed by atoms with Gasteiger partial charge in [-0.1, -0.05) is 57.0 Å². The summed E-state index contributed by atoms with van der Waals surface area (Å²) in [6, 6.07) is 5.19. The summed E-state index contributed by atoms with van der Waals surface area (Å²) >= 11 is 6.48. The number of nitrogens with zero attached hydrogens (tertiary/aromatic N) is 2. The Balaban J connectivity index is 1.38. The molecular formula is C27H37ClFN3O. The highest BCUT2D eigenvalue weighted by molar-refractivity contribution is 6.33. The largest absolute Gasteiger partial charge is 0.381 e. The average Bonchev–Trinajstić information content (AvgIpc) is 2.86. The molecule has 1 aliphatic carbocycles. The van der Waals surface area contributed by atoms with Crippen molar-refractivity contribution in [1.82, 2.24) is 9.97 Å². The quantitative estimate of drug-likeness (QED) is 0.414. The molecular weight excluding hydrogens is 437 g/mol. The maximum Gasteiger partial charge on any atom is 0.165 e. The maximum absolute atomic E-state index is 14.4. The van der Waals surface area contributed by atoms with Crippen LogP contribution in [0.25, 0.3) is 11.3 Å². The van der Waals surface area contributed by atoms with E-state index in [0.717, 1.165) is 62.0 Å². The molecule has 2 aromatic rings. The second kappa shape index (κ2) is 12.1. The molecule has 0 bridgehead atoms. The minimum absolute atomic E-state index is 0.287. The summed E-state index contributed by atoms with van der Waals surface area (Å²) in [6.45, 7) is 4.66. The zero-order chi connectivity index (χ0) is 23.0. The lowest BCUT2D eigenvalue weighted by Gasteiger charge is -2.27. The first-order valence-electron chi connectivity index (χ1n) is 12.7. The molecule has 0 unspecified atom stereocenters. The van der Waals surface area contributed by atoms with Crippen LogP contribution >= 0.6 is 11.6 Å². The van der Waals surface area contributed by atoms with Gasteiger partial charge in [-0.25, -0.2) is 9.37 Å². The minimum Gasteiger partial charge on any atom is -0.381 e. The van der Waals surface area contributed by atoms with Crippen molar-refractivity contribution >= 4 is 17.4 Å². The van der Waals surface area contributed by atoms with Gasteiger partial charge in [0.05, 0.1) is 10.7 Å². The molecule has 1 atom stereocenters. The zero-order valence-corrected chi connectivity index (χ0v) is 20.5. The minimum atomic E-state index is -0.340. The monoisotopic (exact) mass is 473 g/mol. The lowest BCUT2D eigenvalue weighted by molar-refractivity contribution is 0.0699. The number of ether oxygens (including phenoxy) is 1. The number of hydrogen-bond donors (Lipinski definition) is 1. The number of aryl methyl sites for hydroxylation is 1. The van der Waals surface area contributed by atoms with Crippen molar-refractivity contribution in [3.8, 4) is 11.3 Å². The summed E-state index contributed by atoms with van der Waals surface area (Å²) in [6.07, 6.45) is 14.0. The lowest BCUT2D eigenvalue weighted by Crippen LogP contribution is -2.23. The third-order valence-electron chi connectivity index (χ3n) is 7.48. The van der Waals surface area contributed by atoms with Crippen LogP contribution < -0.4 is 5.32 Å². The van der Waals surface area contributed by atoms with Crippen molar-refractivity contribution in [3.63, 3.8) is 0 Å². The highest BCUT2D eigenvalue weighted by Crippen LogP contribution is 2.33. The Morgan fingerprint density at radius 2 is 1.94 bits per heavy atom. The molecule has 0 radical (unpaired) electrons. The van der Waals surface area contributed by atoms with Crippen LogP contribution in [-0.4, -0.2) is 29.7 Å². The second-order valence-corrected chi connectivity index (χ2v) is 10.3. The standard InChI is InChI=1S/C27H37ClFN3O/c1-19(21-7-3-2-4-8-21)6-5-9-22-16-23(24(28)18-30-22)26-11-10-25(29)27(32-26)31-17-20-12-14-33-15-13-20/h10-11,16,18-21H,2-9,12-15,17H2,1H3,(H,31,32)/t19-/m0/s1. The van der Waals surface area contributed by atoms with Gasteiger partial charge in [-0.05, 0) is 61.6 Å². The molecule has 4 nitrogen and oxygen atoms in total. The normalized spacial score (nSPS) is 18.9. The molecule has 3 heterocycles. The SMILES string of the molecule is C[C@@H](CCCc1cc(-c2ccc(F)c(NCC3CCOCC3)n2)c(Cl)cn1)C1CCCCC1. The summed E-state index contributed by atoms with van der Waals surface area (Å²) in [7, 11) is 0. The molecule has 0 amide bonds. The van der Waals surface area contributed by atoms with Crippen molar-refractivity contribution in [2.24, 2.45) is 17.8 Å². The Kier molecular flexibility index (Phi) is 8.96. The topological polar surface area (TPSA) is 47.0 Å². The highest BCUT2D eigenvalue weighted by atomic mass is 35.5. The van der Waals surface area contributed by atoms with Crippen LogP contribution in [0.5, 0.6) is 0 Å². The molecule has 2 fully saturated rings. The Labute approximate surface area is 202 Å². The molecule has 1 aliphatic heterocycles. The predicted octanol–water partition coefficient (Wildman–Crippen LogP) is 7.31. The lowest BCUT2D eigenvalue weighted by atomic mass is 9.79. The first-order valence-corrected chi connectivity index (χ1v) is 13.1. The van der Waals surface area contributed by atoms with Crippen molar-refractivity contribution in [1.29, 1.82) is 0 Å². The summed E-state index contributed by atoms with van der Waals surface area (Å²) in [4.78, 5) is 9.12. The number of halogens is 2. The fourth-order valence-corrected chi connectivity index (χ4v) is 5.47. The van der Waals surface area contributed by atoms with Gasteiger partial charge in [0, 0.05) is 37.2 Å². The van der Waals surface area contributed by atoms with Gasteiger partial charge in [-0.2, -0.15) is 0 Å². The number of pyridine rings is 2. The molecule has 33 heavy (non-hydrogen) atoms. The Morgan fingerprint density at radius 3 is 2.73 bits per heavy atom. The van der Waals surface area contributed by atoms with Gasteiger partial charge in [0.1, 0.15) is 0 Å². The van der Waals surface area contributed by atoms with Crippen LogP contribution in [0.2, 0.25) is 5.02 Å². The zero-order valence-electron chi connectivity index (χ0n) is 19.8. The fourth-order valence-electron chi connectivity index (χ4n) is 5.27. The van der Waals surface area contributed by atoms with E-state index in [0.29, 0.717) is 23.2 Å². The van der Waals surface area contributed by atoms with Crippen LogP contribution in [0.15, 0.2) is 24.4 Å². The van der Waals surface area contributed by atoms with E-state index in [4.69, 9.17) is 16.3 Å². The molecule has 6 heteroatoms. The first kappa shape index (κ1) is 24.4. The van der Waals surface area contributed by atoms with E-state index < -0.39 is 0 Å². The van der Waals surface area contributed by atoms with Crippen molar-refractivity contribution in [2.45, 2.75) is 71.1 Å². The average molecular weight is 474 g/mol. The van der Waals surface area contributed by atoms with Crippen molar-refractivity contribution in [2.75, 3.05) is 25.1 Å². The van der Waals surface area contributed by atoms with Gasteiger partial charge in [0.25, 0.3) is 0 Å². The van der Waals surface area contributed by atoms with E-state index in [1.165, 1.54) is 44.6 Å². The Hall–Kier alpha value is -1.72. The molecule has 2 aliphatic rings. The van der Waals surface area contributed by atoms with E-state index >= 15 is 0 Å². The van der Waals surface area contributed by atoms with Crippen LogP contribution in [-0.2, 0) is 11.2 Å². The van der Waals surface area contributed by atoms with E-state index in [-0.39, 0.29) is 11.6 Å². The van der Waals surface area contributed by atoms with E-state index in [1.807, 2.05) is 6.07 Å². The van der Waals surface area contributed by atoms with Gasteiger partial charge in [-0.3, -0.25) is 4.98 Å². The van der Waals surface area contributed by atoms with Crippen LogP contribution in [0.3, 0.4) is 0 Å². The third kappa shape index (κ3) is 6.89. The van der Waals surface area contributed by atoms with Gasteiger partial charge >= 0.3 is 0 Å². The molecule has 0 spiro atoms. The summed E-state index contributed by atoms with van der Waals surface area (Å²) in [5.74, 6) is 2.10. The molecule has 1 saturated carbocycles. The summed E-state index contributed by atoms with van der Waals surface area (Å²) in [5, 5.41) is 3.75. The number of hydrogen-bond acceptors (Lipinski definition) is 4. The maximum atomic E-state index is 14.4. The van der Waals surface area contributed by atoms with Crippen LogP contribution in [0, 0.1) is 23.6 Å². The number of nitrogens with one attached hydrogen (secondary N) is 1. The van der Waals surface area contributed by atoms with Gasteiger partial charge in [-0.15, -0.1) is 0 Å². The van der Waals surface area contributed by atoms with Gasteiger partial charge in [0.15, 0.2) is 11.6 Å². The number of aromatic nitrogens is 2. The number of rotatable bonds is 9. The van der Waals surface area contributed by atoms with Crippen LogP contribution in [0.1, 0.15) is 70.4 Å². The van der Waals surface area contributed by atoms with Crippen LogP contribution in [0.4, 0.5) is 10.2 Å². The van der Waals surface area contributed by atoms with E-state index in [9.17, 15) is 4.39 Å². The summed E-state index contributed by atoms with van der Waals surface area (Å²) < 4.78 is 19.8. The first-order chi connectivity index (χ1) is 16.1. The predicted molar refractivity (Wildman–Crippen MR) is 133 cm³/mol. The highest BCUT2D eigenvalue weighted by Gasteiger charge is 2.20. The molecule has 0 aromatic carbocycles. The van der Waals surface area contributed by atoms with E-state index in [1.54, 1.807) is 12.3 Å². The Morgan fingerprint density at radius 1 is 1.15 bits per heavy atom. The molecule has 1 N–H and O–H groups in total. The fraction of sp³-hybridized carbons (Fsp3) is 0.630. The Bertz CT molecular complexity index is 897. The van der Waals surface area contributed by atoms with Gasteiger partial charge in [0.2, 0.25) is 0 Å². The smallest absolute Gasteiger partial charge is 0.165 e. The van der Waals surface area contributed by atoms with Crippen molar-refractivity contribution < 1.29 is 9.13 Å². The van der Waals surface area contributed by atoms with Gasteiger partial charge < -0.3 is 10.1 Å². The van der Waals surface area contributed by atoms with Crippen molar-refractivity contribution in [3.05, 3.63) is 40.9 Å². The molecule has 1 saturated heterocycles. The number of anilines is 1. The molecule has 4 rings (SSSR count).